The number of fused-ring (bicyclic) bond motifs is 3. The molecule has 0 aliphatic heterocycles. The third-order valence-electron chi connectivity index (χ3n) is 4.46. The fourth-order valence-electron chi connectivity index (χ4n) is 3.56. The molecule has 0 heterocycles. The Hall–Kier alpha value is -0.820. The maximum atomic E-state index is 3.45. The molecule has 0 radical (unpaired) electrons. The lowest BCUT2D eigenvalue weighted by atomic mass is 9.58. The van der Waals surface area contributed by atoms with E-state index in [1.807, 2.05) is 0 Å². The Morgan fingerprint density at radius 3 is 2.60 bits per heavy atom. The van der Waals surface area contributed by atoms with E-state index in [2.05, 4.69) is 43.6 Å². The van der Waals surface area contributed by atoms with Gasteiger partial charge in [0.15, 0.2) is 0 Å². The van der Waals surface area contributed by atoms with E-state index in [4.69, 9.17) is 0 Å². The van der Waals surface area contributed by atoms with Gasteiger partial charge in [-0.3, -0.25) is 0 Å². The standard InChI is InChI=1S/C14H19N/c1-9-7-13-12(8-14(13)15-2)11-6-4-3-5-10(9)11/h3-6,9,12-15H,7-8H2,1-2H3. The van der Waals surface area contributed by atoms with Crippen molar-refractivity contribution in [3.05, 3.63) is 35.4 Å². The summed E-state index contributed by atoms with van der Waals surface area (Å²) in [6, 6.07) is 9.81. The zero-order valence-electron chi connectivity index (χ0n) is 9.53. The van der Waals surface area contributed by atoms with Gasteiger partial charge in [-0.2, -0.15) is 0 Å². The second-order valence-electron chi connectivity index (χ2n) is 5.17. The summed E-state index contributed by atoms with van der Waals surface area (Å²) >= 11 is 0. The van der Waals surface area contributed by atoms with Gasteiger partial charge in [0.1, 0.15) is 0 Å². The molecule has 15 heavy (non-hydrogen) atoms. The quantitative estimate of drug-likeness (QED) is 0.736. The number of benzene rings is 1. The molecule has 1 fully saturated rings. The molecule has 0 amide bonds. The van der Waals surface area contributed by atoms with Crippen LogP contribution in [0.25, 0.3) is 0 Å². The third-order valence-corrected chi connectivity index (χ3v) is 4.46. The minimum atomic E-state index is 0.749. The summed E-state index contributed by atoms with van der Waals surface area (Å²) < 4.78 is 0. The van der Waals surface area contributed by atoms with E-state index >= 15 is 0 Å². The van der Waals surface area contributed by atoms with Crippen molar-refractivity contribution in [2.45, 2.75) is 37.6 Å². The largest absolute Gasteiger partial charge is 0.317 e. The molecule has 3 rings (SSSR count). The van der Waals surface area contributed by atoms with Gasteiger partial charge >= 0.3 is 0 Å². The first-order valence-corrected chi connectivity index (χ1v) is 6.07. The van der Waals surface area contributed by atoms with Crippen LogP contribution in [0.15, 0.2) is 24.3 Å². The highest BCUT2D eigenvalue weighted by molar-refractivity contribution is 5.39. The molecule has 1 aromatic carbocycles. The number of hydrogen-bond donors (Lipinski definition) is 1. The van der Waals surface area contributed by atoms with Gasteiger partial charge in [-0.15, -0.1) is 0 Å². The van der Waals surface area contributed by atoms with Crippen molar-refractivity contribution in [1.29, 1.82) is 0 Å². The van der Waals surface area contributed by atoms with Gasteiger partial charge in [0.25, 0.3) is 0 Å². The fraction of sp³-hybridized carbons (Fsp3) is 0.571. The average molecular weight is 201 g/mol. The normalized spacial score (nSPS) is 37.7. The number of rotatable bonds is 1. The van der Waals surface area contributed by atoms with Gasteiger partial charge in [-0.25, -0.2) is 0 Å². The van der Waals surface area contributed by atoms with Crippen molar-refractivity contribution >= 4 is 0 Å². The summed E-state index contributed by atoms with van der Waals surface area (Å²) in [5, 5.41) is 3.45. The summed E-state index contributed by atoms with van der Waals surface area (Å²) in [6.45, 7) is 2.38. The molecule has 0 aromatic heterocycles. The maximum absolute atomic E-state index is 3.45. The second kappa shape index (κ2) is 3.34. The molecule has 1 N–H and O–H groups in total. The molecule has 2 aliphatic carbocycles. The summed E-state index contributed by atoms with van der Waals surface area (Å²) in [5.41, 5.74) is 3.24. The Kier molecular flexibility index (Phi) is 2.10. The van der Waals surface area contributed by atoms with Crippen molar-refractivity contribution in [1.82, 2.24) is 5.32 Å². The Bertz CT molecular complexity index is 371. The van der Waals surface area contributed by atoms with Gasteiger partial charge in [0.05, 0.1) is 0 Å². The van der Waals surface area contributed by atoms with Crippen LogP contribution in [0.5, 0.6) is 0 Å². The smallest absolute Gasteiger partial charge is 0.0104 e. The van der Waals surface area contributed by atoms with Crippen molar-refractivity contribution in [2.75, 3.05) is 7.05 Å². The first-order valence-electron chi connectivity index (χ1n) is 6.07. The molecule has 1 nitrogen and oxygen atoms in total. The molecular weight excluding hydrogens is 182 g/mol. The van der Waals surface area contributed by atoms with Crippen LogP contribution in [0.3, 0.4) is 0 Å². The maximum Gasteiger partial charge on any atom is 0.0104 e. The first-order chi connectivity index (χ1) is 7.31. The molecule has 80 valence electrons. The molecule has 1 saturated carbocycles. The molecular formula is C14H19N. The SMILES string of the molecule is CNC1CC2c3ccccc3C(C)CC12. The van der Waals surface area contributed by atoms with E-state index < -0.39 is 0 Å². The zero-order chi connectivity index (χ0) is 10.4. The molecule has 2 aliphatic rings. The first kappa shape index (κ1) is 9.41. The Balaban J connectivity index is 1.97. The minimum Gasteiger partial charge on any atom is -0.317 e. The molecule has 0 saturated heterocycles. The van der Waals surface area contributed by atoms with E-state index in [0.29, 0.717) is 0 Å². The Labute approximate surface area is 91.9 Å². The molecule has 4 unspecified atom stereocenters. The van der Waals surface area contributed by atoms with Gasteiger partial charge < -0.3 is 5.32 Å². The summed E-state index contributed by atoms with van der Waals surface area (Å²) in [5.74, 6) is 2.48. The predicted octanol–water partition coefficient (Wildman–Crippen LogP) is 2.89. The van der Waals surface area contributed by atoms with Crippen molar-refractivity contribution in [2.24, 2.45) is 5.92 Å². The highest BCUT2D eigenvalue weighted by Crippen LogP contribution is 2.52. The summed E-state index contributed by atoms with van der Waals surface area (Å²) in [4.78, 5) is 0. The van der Waals surface area contributed by atoms with Crippen molar-refractivity contribution < 1.29 is 0 Å². The molecule has 4 atom stereocenters. The number of nitrogens with one attached hydrogen (secondary N) is 1. The van der Waals surface area contributed by atoms with E-state index in [1.165, 1.54) is 12.8 Å². The molecule has 0 spiro atoms. The van der Waals surface area contributed by atoms with Crippen molar-refractivity contribution in [3.63, 3.8) is 0 Å². The van der Waals surface area contributed by atoms with E-state index in [1.54, 1.807) is 11.1 Å². The van der Waals surface area contributed by atoms with Gasteiger partial charge in [0, 0.05) is 6.04 Å². The lowest BCUT2D eigenvalue weighted by molar-refractivity contribution is 0.141. The average Bonchev–Trinajstić information content (AvgIpc) is 2.24. The van der Waals surface area contributed by atoms with Gasteiger partial charge in [-0.05, 0) is 48.8 Å². The Morgan fingerprint density at radius 1 is 1.13 bits per heavy atom. The predicted molar refractivity (Wildman–Crippen MR) is 63.2 cm³/mol. The topological polar surface area (TPSA) is 12.0 Å². The van der Waals surface area contributed by atoms with Crippen LogP contribution in [0.1, 0.15) is 42.7 Å². The lowest BCUT2D eigenvalue weighted by Crippen LogP contribution is -2.50. The van der Waals surface area contributed by atoms with Crippen LogP contribution in [-0.2, 0) is 0 Å². The van der Waals surface area contributed by atoms with Crippen LogP contribution in [0.2, 0.25) is 0 Å². The molecule has 0 bridgehead atoms. The Morgan fingerprint density at radius 2 is 1.87 bits per heavy atom. The highest BCUT2D eigenvalue weighted by Gasteiger charge is 2.45. The monoisotopic (exact) mass is 201 g/mol. The highest BCUT2D eigenvalue weighted by atomic mass is 14.9. The van der Waals surface area contributed by atoms with Crippen LogP contribution in [0, 0.1) is 5.92 Å². The van der Waals surface area contributed by atoms with E-state index in [9.17, 15) is 0 Å². The summed E-state index contributed by atoms with van der Waals surface area (Å²) in [6.07, 6.45) is 2.71. The van der Waals surface area contributed by atoms with Gasteiger partial charge in [-0.1, -0.05) is 31.2 Å². The number of hydrogen-bond acceptors (Lipinski definition) is 1. The third kappa shape index (κ3) is 1.26. The minimum absolute atomic E-state index is 0.749. The van der Waals surface area contributed by atoms with Crippen LogP contribution in [0.4, 0.5) is 0 Å². The van der Waals surface area contributed by atoms with Crippen LogP contribution in [-0.4, -0.2) is 13.1 Å². The fourth-order valence-corrected chi connectivity index (χ4v) is 3.56. The molecule has 1 heteroatoms. The second-order valence-corrected chi connectivity index (χ2v) is 5.17. The van der Waals surface area contributed by atoms with Crippen molar-refractivity contribution in [3.8, 4) is 0 Å². The lowest BCUT2D eigenvalue weighted by Gasteiger charge is -2.50. The van der Waals surface area contributed by atoms with E-state index in [0.717, 1.165) is 23.8 Å². The zero-order valence-corrected chi connectivity index (χ0v) is 9.53. The van der Waals surface area contributed by atoms with Crippen LogP contribution >= 0.6 is 0 Å². The molecule has 1 aromatic rings. The summed E-state index contributed by atoms with van der Waals surface area (Å²) in [7, 11) is 2.10. The van der Waals surface area contributed by atoms with Gasteiger partial charge in [0.2, 0.25) is 0 Å². The van der Waals surface area contributed by atoms with E-state index in [-0.39, 0.29) is 0 Å². The van der Waals surface area contributed by atoms with Crippen LogP contribution < -0.4 is 5.32 Å².